The van der Waals surface area contributed by atoms with E-state index < -0.39 is 16.7 Å². The Morgan fingerprint density at radius 3 is 2.62 bits per heavy atom. The Labute approximate surface area is 124 Å². The molecule has 21 heavy (non-hydrogen) atoms. The number of benzene rings is 1. The SMILES string of the molecule is CN1C(=O)C2(CC(C#N)C(=O)C(C)(C)C2)c2ccccc21. The molecule has 0 N–H and O–H groups in total. The number of ketones is 1. The number of Topliss-reactive ketones (excluding diaryl/α,β-unsaturated/α-hetero) is 1. The zero-order chi connectivity index (χ0) is 15.4. The third kappa shape index (κ3) is 1.67. The van der Waals surface area contributed by atoms with Crippen LogP contribution < -0.4 is 4.90 Å². The van der Waals surface area contributed by atoms with E-state index in [1.807, 2.05) is 38.1 Å². The molecule has 0 bridgehead atoms. The molecule has 4 nitrogen and oxygen atoms in total. The van der Waals surface area contributed by atoms with Gasteiger partial charge in [-0.2, -0.15) is 5.26 Å². The summed E-state index contributed by atoms with van der Waals surface area (Å²) in [5.74, 6) is -0.753. The molecule has 2 unspecified atom stereocenters. The molecule has 0 radical (unpaired) electrons. The van der Waals surface area contributed by atoms with E-state index >= 15 is 0 Å². The van der Waals surface area contributed by atoms with Crippen molar-refractivity contribution in [3.8, 4) is 6.07 Å². The smallest absolute Gasteiger partial charge is 0.237 e. The largest absolute Gasteiger partial charge is 0.314 e. The first-order valence-electron chi connectivity index (χ1n) is 7.15. The van der Waals surface area contributed by atoms with E-state index in [1.54, 1.807) is 11.9 Å². The Hall–Kier alpha value is -2.15. The van der Waals surface area contributed by atoms with E-state index in [9.17, 15) is 14.9 Å². The van der Waals surface area contributed by atoms with Crippen LogP contribution >= 0.6 is 0 Å². The lowest BCUT2D eigenvalue weighted by Gasteiger charge is -2.42. The van der Waals surface area contributed by atoms with Crippen LogP contribution in [-0.4, -0.2) is 18.7 Å². The molecule has 3 rings (SSSR count). The fraction of sp³-hybridized carbons (Fsp3) is 0.471. The number of nitrogens with zero attached hydrogens (tertiary/aromatic N) is 2. The number of amides is 1. The second-order valence-corrected chi connectivity index (χ2v) is 6.77. The van der Waals surface area contributed by atoms with Gasteiger partial charge in [0.05, 0.1) is 11.5 Å². The topological polar surface area (TPSA) is 61.2 Å². The van der Waals surface area contributed by atoms with Crippen molar-refractivity contribution >= 4 is 17.4 Å². The van der Waals surface area contributed by atoms with Gasteiger partial charge in [-0.25, -0.2) is 0 Å². The molecule has 108 valence electrons. The minimum Gasteiger partial charge on any atom is -0.314 e. The minimum absolute atomic E-state index is 0.00419. The molecule has 4 heteroatoms. The number of fused-ring (bicyclic) bond motifs is 2. The summed E-state index contributed by atoms with van der Waals surface area (Å²) in [5, 5.41) is 9.34. The van der Waals surface area contributed by atoms with Crippen molar-refractivity contribution in [2.75, 3.05) is 11.9 Å². The highest BCUT2D eigenvalue weighted by Crippen LogP contribution is 2.54. The molecule has 1 fully saturated rings. The summed E-state index contributed by atoms with van der Waals surface area (Å²) in [4.78, 5) is 26.9. The standard InChI is InChI=1S/C17H18N2O2/c1-16(2)10-17(8-11(9-18)14(16)20)12-6-4-5-7-13(12)19(3)15(17)21/h4-7,11H,8,10H2,1-3H3. The van der Waals surface area contributed by atoms with Crippen molar-refractivity contribution in [3.63, 3.8) is 0 Å². The molecule has 2 atom stereocenters. The van der Waals surface area contributed by atoms with Crippen molar-refractivity contribution in [3.05, 3.63) is 29.8 Å². The van der Waals surface area contributed by atoms with Crippen LogP contribution in [0.25, 0.3) is 0 Å². The molecule has 0 aromatic heterocycles. The molecule has 1 heterocycles. The van der Waals surface area contributed by atoms with Crippen LogP contribution in [0.4, 0.5) is 5.69 Å². The average molecular weight is 282 g/mol. The van der Waals surface area contributed by atoms with Crippen molar-refractivity contribution in [2.24, 2.45) is 11.3 Å². The maximum absolute atomic E-state index is 12.9. The molecule has 1 amide bonds. The normalized spacial score (nSPS) is 30.4. The summed E-state index contributed by atoms with van der Waals surface area (Å²) in [6, 6.07) is 9.80. The molecule has 1 saturated carbocycles. The number of likely N-dealkylation sites (N-methyl/N-ethyl adjacent to an activating group) is 1. The maximum Gasteiger partial charge on any atom is 0.237 e. The van der Waals surface area contributed by atoms with Crippen LogP contribution in [0.5, 0.6) is 0 Å². The number of nitriles is 1. The molecular weight excluding hydrogens is 264 g/mol. The van der Waals surface area contributed by atoms with E-state index in [0.29, 0.717) is 12.8 Å². The zero-order valence-corrected chi connectivity index (χ0v) is 12.5. The number of carbonyl (C=O) groups excluding carboxylic acids is 2. The third-order valence-electron chi connectivity index (χ3n) is 4.93. The van der Waals surface area contributed by atoms with Crippen molar-refractivity contribution in [2.45, 2.75) is 32.1 Å². The number of anilines is 1. The predicted molar refractivity (Wildman–Crippen MR) is 78.7 cm³/mol. The molecule has 2 aliphatic rings. The lowest BCUT2D eigenvalue weighted by Crippen LogP contribution is -2.51. The third-order valence-corrected chi connectivity index (χ3v) is 4.93. The average Bonchev–Trinajstić information content (AvgIpc) is 2.66. The summed E-state index contributed by atoms with van der Waals surface area (Å²) in [6.45, 7) is 3.68. The number of para-hydroxylation sites is 1. The Morgan fingerprint density at radius 1 is 1.29 bits per heavy atom. The van der Waals surface area contributed by atoms with Crippen LogP contribution in [0.3, 0.4) is 0 Å². The predicted octanol–water partition coefficient (Wildman–Crippen LogP) is 2.43. The van der Waals surface area contributed by atoms with Gasteiger partial charge < -0.3 is 4.90 Å². The highest BCUT2D eigenvalue weighted by molar-refractivity contribution is 6.09. The number of hydrogen-bond acceptors (Lipinski definition) is 3. The minimum atomic E-state index is -0.733. The Bertz CT molecular complexity index is 686. The van der Waals surface area contributed by atoms with Crippen LogP contribution in [0.15, 0.2) is 24.3 Å². The molecule has 1 spiro atoms. The van der Waals surface area contributed by atoms with E-state index in [2.05, 4.69) is 6.07 Å². The second kappa shape index (κ2) is 4.17. The van der Waals surface area contributed by atoms with Gasteiger partial charge in [0.25, 0.3) is 0 Å². The van der Waals surface area contributed by atoms with Gasteiger partial charge in [0, 0.05) is 18.2 Å². The van der Waals surface area contributed by atoms with E-state index in [1.165, 1.54) is 0 Å². The van der Waals surface area contributed by atoms with Gasteiger partial charge in [0.2, 0.25) is 5.91 Å². The van der Waals surface area contributed by atoms with E-state index in [4.69, 9.17) is 0 Å². The number of rotatable bonds is 0. The summed E-state index contributed by atoms with van der Waals surface area (Å²) < 4.78 is 0. The van der Waals surface area contributed by atoms with Gasteiger partial charge in [-0.1, -0.05) is 32.0 Å². The van der Waals surface area contributed by atoms with Crippen LogP contribution in [0, 0.1) is 22.7 Å². The van der Waals surface area contributed by atoms with Gasteiger partial charge in [-0.3, -0.25) is 9.59 Å². The first-order valence-corrected chi connectivity index (χ1v) is 7.15. The fourth-order valence-electron chi connectivity index (χ4n) is 4.02. The lowest BCUT2D eigenvalue weighted by molar-refractivity contribution is -0.138. The maximum atomic E-state index is 12.9. The molecule has 1 aliphatic carbocycles. The number of hydrogen-bond donors (Lipinski definition) is 0. The van der Waals surface area contributed by atoms with Gasteiger partial charge in [-0.05, 0) is 24.5 Å². The number of carbonyl (C=O) groups is 2. The van der Waals surface area contributed by atoms with Crippen LogP contribution in [-0.2, 0) is 15.0 Å². The summed E-state index contributed by atoms with van der Waals surface area (Å²) >= 11 is 0. The molecule has 1 aliphatic heterocycles. The summed E-state index contributed by atoms with van der Waals surface area (Å²) in [7, 11) is 1.76. The first kappa shape index (κ1) is 13.8. The van der Waals surface area contributed by atoms with E-state index in [0.717, 1.165) is 11.3 Å². The zero-order valence-electron chi connectivity index (χ0n) is 12.5. The lowest BCUT2D eigenvalue weighted by atomic mass is 9.57. The quantitative estimate of drug-likeness (QED) is 0.734. The molecular formula is C17H18N2O2. The Balaban J connectivity index is 2.20. The van der Waals surface area contributed by atoms with Crippen molar-refractivity contribution < 1.29 is 9.59 Å². The Morgan fingerprint density at radius 2 is 1.95 bits per heavy atom. The van der Waals surface area contributed by atoms with Crippen molar-refractivity contribution in [1.82, 2.24) is 0 Å². The van der Waals surface area contributed by atoms with Crippen molar-refractivity contribution in [1.29, 1.82) is 5.26 Å². The second-order valence-electron chi connectivity index (χ2n) is 6.77. The van der Waals surface area contributed by atoms with Crippen LogP contribution in [0.2, 0.25) is 0 Å². The molecule has 0 saturated heterocycles. The summed E-state index contributed by atoms with van der Waals surface area (Å²) in [6.07, 6.45) is 0.767. The fourth-order valence-corrected chi connectivity index (χ4v) is 4.02. The summed E-state index contributed by atoms with van der Waals surface area (Å²) in [5.41, 5.74) is 0.457. The highest BCUT2D eigenvalue weighted by Gasteiger charge is 2.58. The Kier molecular flexibility index (Phi) is 2.75. The van der Waals surface area contributed by atoms with Gasteiger partial charge >= 0.3 is 0 Å². The van der Waals surface area contributed by atoms with Gasteiger partial charge in [0.15, 0.2) is 5.78 Å². The van der Waals surface area contributed by atoms with Gasteiger partial charge in [-0.15, -0.1) is 0 Å². The monoisotopic (exact) mass is 282 g/mol. The van der Waals surface area contributed by atoms with E-state index in [-0.39, 0.29) is 11.7 Å². The van der Waals surface area contributed by atoms with Gasteiger partial charge in [0.1, 0.15) is 5.92 Å². The van der Waals surface area contributed by atoms with Crippen LogP contribution in [0.1, 0.15) is 32.3 Å². The first-order chi connectivity index (χ1) is 9.83. The molecule has 1 aromatic rings. The molecule has 1 aromatic carbocycles. The highest BCUT2D eigenvalue weighted by atomic mass is 16.2.